The molecule has 0 aromatic heterocycles. The van der Waals surface area contributed by atoms with Crippen molar-refractivity contribution in [3.05, 3.63) is 95.0 Å². The van der Waals surface area contributed by atoms with Gasteiger partial charge in [-0.05, 0) is 55.3 Å². The fraction of sp³-hybridized carbons (Fsp3) is 0.276. The summed E-state index contributed by atoms with van der Waals surface area (Å²) in [7, 11) is 0. The van der Waals surface area contributed by atoms with Gasteiger partial charge in [0, 0.05) is 22.3 Å². The van der Waals surface area contributed by atoms with Gasteiger partial charge in [0.05, 0.1) is 24.1 Å². The fourth-order valence-electron chi connectivity index (χ4n) is 7.11. The number of fused-ring (bicyclic) bond motifs is 7. The summed E-state index contributed by atoms with van der Waals surface area (Å²) in [6.07, 6.45) is 1.69. The van der Waals surface area contributed by atoms with Gasteiger partial charge < -0.3 is 4.90 Å². The number of rotatable bonds is 3. The molecule has 36 heavy (non-hydrogen) atoms. The Balaban J connectivity index is 1.39. The van der Waals surface area contributed by atoms with E-state index in [4.69, 9.17) is 11.6 Å². The third kappa shape index (κ3) is 2.69. The standard InChI is InChI=1S/C29H24ClN3O3/c30-19-12-14-20(15-13-19)33-26(34)24-23-11-6-16-32(23)29(25(24)27(33)35)21-9-4-5-10-22(21)31(28(29)36)17-18-7-2-1-3-8-18/h1-5,7-10,12-15,23-25H,6,11,16-17H2/t23-,24+,25+,29+/m0/s1. The number of hydrogen-bond acceptors (Lipinski definition) is 4. The maximum Gasteiger partial charge on any atom is 0.253 e. The van der Waals surface area contributed by atoms with Gasteiger partial charge in [-0.2, -0.15) is 0 Å². The molecule has 0 radical (unpaired) electrons. The number of carbonyl (C=O) groups is 3. The molecule has 0 saturated carbocycles. The molecule has 3 saturated heterocycles. The monoisotopic (exact) mass is 497 g/mol. The summed E-state index contributed by atoms with van der Waals surface area (Å²) in [5, 5.41) is 0.535. The normalized spacial score (nSPS) is 28.8. The number of hydrogen-bond donors (Lipinski definition) is 0. The van der Waals surface area contributed by atoms with Crippen molar-refractivity contribution >= 4 is 40.7 Å². The van der Waals surface area contributed by atoms with E-state index in [9.17, 15) is 14.4 Å². The zero-order chi connectivity index (χ0) is 24.6. The van der Waals surface area contributed by atoms with Crippen molar-refractivity contribution in [3.8, 4) is 0 Å². The Kier molecular flexibility index (Phi) is 4.69. The molecule has 0 bridgehead atoms. The molecule has 1 spiro atoms. The molecule has 4 atom stereocenters. The van der Waals surface area contributed by atoms with Gasteiger partial charge in [0.25, 0.3) is 5.91 Å². The highest BCUT2D eigenvalue weighted by atomic mass is 35.5. The average Bonchev–Trinajstić information content (AvgIpc) is 3.60. The Morgan fingerprint density at radius 3 is 2.36 bits per heavy atom. The first kappa shape index (κ1) is 21.8. The lowest BCUT2D eigenvalue weighted by molar-refractivity contribution is -0.137. The van der Waals surface area contributed by atoms with E-state index in [1.54, 1.807) is 24.3 Å². The molecule has 7 rings (SSSR count). The van der Waals surface area contributed by atoms with E-state index in [1.807, 2.05) is 59.5 Å². The fourth-order valence-corrected chi connectivity index (χ4v) is 7.23. The van der Waals surface area contributed by atoms with Crippen LogP contribution in [0.4, 0.5) is 11.4 Å². The Hall–Kier alpha value is -3.48. The average molecular weight is 498 g/mol. The largest absolute Gasteiger partial charge is 0.306 e. The second-order valence-corrected chi connectivity index (χ2v) is 10.5. The summed E-state index contributed by atoms with van der Waals surface area (Å²) >= 11 is 6.07. The molecule has 3 aromatic carbocycles. The summed E-state index contributed by atoms with van der Waals surface area (Å²) in [5.41, 5.74) is 2.00. The number of anilines is 2. The summed E-state index contributed by atoms with van der Waals surface area (Å²) in [6, 6.07) is 24.3. The van der Waals surface area contributed by atoms with Crippen molar-refractivity contribution in [1.29, 1.82) is 0 Å². The SMILES string of the molecule is O=C1[C@@H]2[C@@H]3CCCN3[C@@]3(C(=O)N(Cc4ccccc4)c4ccccc43)[C@H]2C(=O)N1c1ccc(Cl)cc1. The Morgan fingerprint density at radius 1 is 0.861 bits per heavy atom. The minimum Gasteiger partial charge on any atom is -0.306 e. The topological polar surface area (TPSA) is 60.9 Å². The zero-order valence-corrected chi connectivity index (χ0v) is 20.3. The Labute approximate surface area is 214 Å². The predicted molar refractivity (Wildman–Crippen MR) is 136 cm³/mol. The molecule has 3 aromatic rings. The summed E-state index contributed by atoms with van der Waals surface area (Å²) in [6.45, 7) is 1.11. The molecule has 6 nitrogen and oxygen atoms in total. The van der Waals surface area contributed by atoms with E-state index < -0.39 is 17.4 Å². The summed E-state index contributed by atoms with van der Waals surface area (Å²) in [4.78, 5) is 47.9. The molecule has 4 heterocycles. The second-order valence-electron chi connectivity index (χ2n) is 10.1. The van der Waals surface area contributed by atoms with Crippen molar-refractivity contribution in [2.24, 2.45) is 11.8 Å². The third-order valence-electron chi connectivity index (χ3n) is 8.41. The minimum absolute atomic E-state index is 0.106. The Morgan fingerprint density at radius 2 is 1.58 bits per heavy atom. The number of halogens is 1. The van der Waals surface area contributed by atoms with Crippen molar-refractivity contribution in [2.45, 2.75) is 31.0 Å². The molecule has 0 aliphatic carbocycles. The van der Waals surface area contributed by atoms with Crippen molar-refractivity contribution in [2.75, 3.05) is 16.3 Å². The van der Waals surface area contributed by atoms with E-state index in [1.165, 1.54) is 4.90 Å². The number of benzene rings is 3. The van der Waals surface area contributed by atoms with Crippen LogP contribution in [0, 0.1) is 11.8 Å². The second kappa shape index (κ2) is 7.76. The van der Waals surface area contributed by atoms with Crippen molar-refractivity contribution in [1.82, 2.24) is 4.90 Å². The molecule has 4 aliphatic heterocycles. The molecule has 7 heteroatoms. The van der Waals surface area contributed by atoms with Gasteiger partial charge in [0.2, 0.25) is 11.8 Å². The molecule has 3 amide bonds. The molecule has 4 aliphatic rings. The lowest BCUT2D eigenvalue weighted by Crippen LogP contribution is -2.55. The van der Waals surface area contributed by atoms with Crippen LogP contribution in [-0.4, -0.2) is 35.2 Å². The van der Waals surface area contributed by atoms with Crippen LogP contribution in [0.2, 0.25) is 5.02 Å². The van der Waals surface area contributed by atoms with Crippen molar-refractivity contribution in [3.63, 3.8) is 0 Å². The lowest BCUT2D eigenvalue weighted by Gasteiger charge is -2.37. The van der Waals surface area contributed by atoms with Crippen LogP contribution >= 0.6 is 11.6 Å². The predicted octanol–water partition coefficient (Wildman–Crippen LogP) is 4.37. The summed E-state index contributed by atoms with van der Waals surface area (Å²) < 4.78 is 0. The maximum absolute atomic E-state index is 14.6. The highest BCUT2D eigenvalue weighted by Gasteiger charge is 2.75. The van der Waals surface area contributed by atoms with Crippen LogP contribution in [0.15, 0.2) is 78.9 Å². The van der Waals surface area contributed by atoms with E-state index in [0.29, 0.717) is 23.8 Å². The van der Waals surface area contributed by atoms with Crippen LogP contribution in [0.5, 0.6) is 0 Å². The number of imide groups is 1. The molecule has 180 valence electrons. The van der Waals surface area contributed by atoms with Gasteiger partial charge in [0.15, 0.2) is 0 Å². The first-order valence-electron chi connectivity index (χ1n) is 12.4. The van der Waals surface area contributed by atoms with E-state index in [-0.39, 0.29) is 23.8 Å². The minimum atomic E-state index is -1.18. The van der Waals surface area contributed by atoms with Gasteiger partial charge >= 0.3 is 0 Å². The third-order valence-corrected chi connectivity index (χ3v) is 8.66. The summed E-state index contributed by atoms with van der Waals surface area (Å²) in [5.74, 6) is -1.94. The quantitative estimate of drug-likeness (QED) is 0.504. The maximum atomic E-state index is 14.6. The number of para-hydroxylation sites is 1. The van der Waals surface area contributed by atoms with Gasteiger partial charge in [-0.15, -0.1) is 0 Å². The molecular formula is C29H24ClN3O3. The van der Waals surface area contributed by atoms with Gasteiger partial charge in [-0.1, -0.05) is 60.1 Å². The zero-order valence-electron chi connectivity index (χ0n) is 19.5. The highest BCUT2D eigenvalue weighted by Crippen LogP contribution is 2.62. The van der Waals surface area contributed by atoms with Crippen LogP contribution in [-0.2, 0) is 26.5 Å². The molecule has 0 unspecified atom stereocenters. The van der Waals surface area contributed by atoms with E-state index in [0.717, 1.165) is 29.7 Å². The lowest BCUT2D eigenvalue weighted by atomic mass is 9.75. The van der Waals surface area contributed by atoms with Gasteiger partial charge in [0.1, 0.15) is 5.54 Å². The van der Waals surface area contributed by atoms with Crippen LogP contribution < -0.4 is 9.80 Å². The van der Waals surface area contributed by atoms with E-state index in [2.05, 4.69) is 4.90 Å². The first-order valence-corrected chi connectivity index (χ1v) is 12.8. The van der Waals surface area contributed by atoms with Gasteiger partial charge in [-0.25, -0.2) is 4.90 Å². The van der Waals surface area contributed by atoms with E-state index >= 15 is 0 Å². The number of carbonyl (C=O) groups excluding carboxylic acids is 3. The Bertz CT molecular complexity index is 1410. The van der Waals surface area contributed by atoms with Crippen LogP contribution in [0.3, 0.4) is 0 Å². The smallest absolute Gasteiger partial charge is 0.253 e. The van der Waals surface area contributed by atoms with Crippen LogP contribution in [0.1, 0.15) is 24.0 Å². The number of amides is 3. The molecule has 3 fully saturated rings. The first-order chi connectivity index (χ1) is 17.5. The van der Waals surface area contributed by atoms with Crippen molar-refractivity contribution < 1.29 is 14.4 Å². The van der Waals surface area contributed by atoms with Crippen LogP contribution in [0.25, 0.3) is 0 Å². The number of nitrogens with zero attached hydrogens (tertiary/aromatic N) is 3. The highest BCUT2D eigenvalue weighted by molar-refractivity contribution is 6.31. The van der Waals surface area contributed by atoms with Gasteiger partial charge in [-0.3, -0.25) is 19.3 Å². The molecular weight excluding hydrogens is 474 g/mol. The molecule has 0 N–H and O–H groups in total.